The number of esters is 1. The molecule has 0 amide bonds. The number of rotatable bonds is 10. The summed E-state index contributed by atoms with van der Waals surface area (Å²) in [6, 6.07) is 16.2. The van der Waals surface area contributed by atoms with Crippen molar-refractivity contribution in [2.75, 3.05) is 34.5 Å². The van der Waals surface area contributed by atoms with E-state index in [0.29, 0.717) is 31.9 Å². The smallest absolute Gasteiger partial charge is 0.338 e. The Hall–Kier alpha value is -2.81. The summed E-state index contributed by atoms with van der Waals surface area (Å²) in [5.41, 5.74) is 2.93. The molecule has 1 unspecified atom stereocenters. The van der Waals surface area contributed by atoms with Crippen LogP contribution in [0.4, 0.5) is 0 Å². The van der Waals surface area contributed by atoms with Gasteiger partial charge in [0.25, 0.3) is 0 Å². The highest BCUT2D eigenvalue weighted by atomic mass is 28.4. The third-order valence-corrected chi connectivity index (χ3v) is 12.2. The predicted octanol–water partition coefficient (Wildman–Crippen LogP) is 6.21. The van der Waals surface area contributed by atoms with Crippen molar-refractivity contribution < 1.29 is 23.4 Å². The summed E-state index contributed by atoms with van der Waals surface area (Å²) in [7, 11) is 2.55. The second kappa shape index (κ2) is 13.0. The summed E-state index contributed by atoms with van der Waals surface area (Å²) in [4.78, 5) is 18.0. The third kappa shape index (κ3) is 7.65. The number of nitrogens with zero attached hydrogens (tertiary/aromatic N) is 2. The number of benzene rings is 2. The van der Waals surface area contributed by atoms with Gasteiger partial charge in [0.05, 0.1) is 39.6 Å². The zero-order valence-corrected chi connectivity index (χ0v) is 26.2. The van der Waals surface area contributed by atoms with Crippen LogP contribution in [0.15, 0.2) is 59.9 Å². The van der Waals surface area contributed by atoms with Crippen LogP contribution in [0.3, 0.4) is 0 Å². The molecule has 0 bridgehead atoms. The van der Waals surface area contributed by atoms with Crippen LogP contribution < -0.4 is 9.47 Å². The molecule has 0 saturated heterocycles. The van der Waals surface area contributed by atoms with Crippen molar-refractivity contribution in [2.24, 2.45) is 0 Å². The highest BCUT2D eigenvalue weighted by Crippen LogP contribution is 2.40. The minimum absolute atomic E-state index is 0.0184. The fourth-order valence-electron chi connectivity index (χ4n) is 4.58. The predicted molar refractivity (Wildman–Crippen MR) is 158 cm³/mol. The van der Waals surface area contributed by atoms with E-state index in [2.05, 4.69) is 74.9 Å². The maximum atomic E-state index is 13.3. The first-order valence-corrected chi connectivity index (χ1v) is 16.6. The molecule has 2 aromatic carbocycles. The quantitative estimate of drug-likeness (QED) is 0.256. The van der Waals surface area contributed by atoms with E-state index in [4.69, 9.17) is 18.6 Å². The number of ether oxygens (including phenoxy) is 3. The number of methoxy groups -OCH3 is 3. The lowest BCUT2D eigenvalue weighted by atomic mass is 10.1. The van der Waals surface area contributed by atoms with Gasteiger partial charge in [-0.1, -0.05) is 52.0 Å². The van der Waals surface area contributed by atoms with Crippen LogP contribution >= 0.6 is 0 Å². The summed E-state index contributed by atoms with van der Waals surface area (Å²) in [6.07, 6.45) is 0.803. The summed E-state index contributed by atoms with van der Waals surface area (Å²) in [6.45, 7) is 15.8. The Bertz CT molecular complexity index is 1120. The Morgan fingerprint density at radius 2 is 1.41 bits per heavy atom. The average Bonchev–Trinajstić information content (AvgIpc) is 3.04. The molecule has 0 N–H and O–H groups in total. The van der Waals surface area contributed by atoms with Gasteiger partial charge in [-0.15, -0.1) is 0 Å². The second-order valence-electron chi connectivity index (χ2n) is 11.7. The molecule has 214 valence electrons. The van der Waals surface area contributed by atoms with Gasteiger partial charge in [-0.25, -0.2) is 4.79 Å². The van der Waals surface area contributed by atoms with Crippen molar-refractivity contribution in [1.29, 1.82) is 0 Å². The van der Waals surface area contributed by atoms with E-state index in [0.717, 1.165) is 29.2 Å². The Kier molecular flexibility index (Phi) is 10.3. The topological polar surface area (TPSA) is 60.5 Å². The van der Waals surface area contributed by atoms with E-state index < -0.39 is 8.32 Å². The number of hydrogen-bond acceptors (Lipinski definition) is 7. The van der Waals surface area contributed by atoms with Crippen LogP contribution in [0.1, 0.15) is 45.2 Å². The van der Waals surface area contributed by atoms with Crippen molar-refractivity contribution in [3.63, 3.8) is 0 Å². The molecule has 0 spiro atoms. The van der Waals surface area contributed by atoms with Gasteiger partial charge in [0.2, 0.25) is 8.32 Å². The van der Waals surface area contributed by atoms with Crippen LogP contribution in [-0.4, -0.2) is 64.7 Å². The molecule has 1 aliphatic rings. The SMILES string of the molecule is CCC1C(O[Si](C)(C)C(C)(C)C)=C(C(=O)OC)CN(Cc2ccc(OC)cc2)CN1Cc1ccc(OC)cc1. The molecule has 1 aliphatic heterocycles. The monoisotopic (exact) mass is 554 g/mol. The van der Waals surface area contributed by atoms with Crippen LogP contribution in [0.25, 0.3) is 0 Å². The summed E-state index contributed by atoms with van der Waals surface area (Å²) < 4.78 is 23.1. The molecule has 0 saturated carbocycles. The van der Waals surface area contributed by atoms with Gasteiger partial charge in [-0.05, 0) is 59.9 Å². The first kappa shape index (κ1) is 30.7. The van der Waals surface area contributed by atoms with E-state index in [9.17, 15) is 4.79 Å². The van der Waals surface area contributed by atoms with Crippen LogP contribution in [0.2, 0.25) is 18.1 Å². The van der Waals surface area contributed by atoms with Gasteiger partial charge in [0.15, 0.2) is 0 Å². The highest BCUT2D eigenvalue weighted by Gasteiger charge is 2.43. The standard InChI is InChI=1S/C31H46N2O5Si/c1-10-28-29(38-39(8,9)31(2,3)4)27(30(34)37-7)21-32(19-23-11-15-25(35-5)16-12-23)22-33(28)20-24-13-17-26(36-6)18-14-24/h11-18,28H,10,19-22H2,1-9H3. The van der Waals surface area contributed by atoms with E-state index in [1.807, 2.05) is 24.3 Å². The van der Waals surface area contributed by atoms with Crippen molar-refractivity contribution in [2.45, 2.75) is 71.4 Å². The lowest BCUT2D eigenvalue weighted by molar-refractivity contribution is -0.136. The highest BCUT2D eigenvalue weighted by molar-refractivity contribution is 6.74. The molecule has 0 aromatic heterocycles. The second-order valence-corrected chi connectivity index (χ2v) is 16.4. The molecule has 7 nitrogen and oxygen atoms in total. The van der Waals surface area contributed by atoms with Crippen LogP contribution in [-0.2, 0) is 27.0 Å². The van der Waals surface area contributed by atoms with Crippen LogP contribution in [0, 0.1) is 0 Å². The van der Waals surface area contributed by atoms with Gasteiger partial charge in [-0.3, -0.25) is 9.80 Å². The van der Waals surface area contributed by atoms with Crippen molar-refractivity contribution >= 4 is 14.3 Å². The van der Waals surface area contributed by atoms with Crippen LogP contribution in [0.5, 0.6) is 11.5 Å². The first-order chi connectivity index (χ1) is 18.4. The maximum Gasteiger partial charge on any atom is 0.338 e. The number of carbonyl (C=O) groups is 1. The zero-order chi connectivity index (χ0) is 28.8. The number of hydrogen-bond donors (Lipinski definition) is 0. The number of carbonyl (C=O) groups excluding carboxylic acids is 1. The molecule has 1 atom stereocenters. The van der Waals surface area contributed by atoms with E-state index >= 15 is 0 Å². The molecule has 0 aliphatic carbocycles. The van der Waals surface area contributed by atoms with E-state index in [-0.39, 0.29) is 17.0 Å². The Balaban J connectivity index is 2.08. The Labute approximate surface area is 235 Å². The summed E-state index contributed by atoms with van der Waals surface area (Å²) >= 11 is 0. The largest absolute Gasteiger partial charge is 0.545 e. The van der Waals surface area contributed by atoms with Gasteiger partial charge in [-0.2, -0.15) is 0 Å². The zero-order valence-electron chi connectivity index (χ0n) is 25.2. The van der Waals surface area contributed by atoms with Gasteiger partial charge in [0.1, 0.15) is 17.3 Å². The average molecular weight is 555 g/mol. The molecule has 8 heteroatoms. The summed E-state index contributed by atoms with van der Waals surface area (Å²) in [5.74, 6) is 2.09. The van der Waals surface area contributed by atoms with Crippen molar-refractivity contribution in [3.05, 3.63) is 71.0 Å². The molecular weight excluding hydrogens is 508 g/mol. The maximum absolute atomic E-state index is 13.3. The normalized spacial score (nSPS) is 17.5. The minimum atomic E-state index is -2.26. The Morgan fingerprint density at radius 3 is 1.85 bits per heavy atom. The molecule has 39 heavy (non-hydrogen) atoms. The molecule has 1 heterocycles. The summed E-state index contributed by atoms with van der Waals surface area (Å²) in [5, 5.41) is -0.0184. The van der Waals surface area contributed by atoms with Gasteiger partial charge >= 0.3 is 5.97 Å². The first-order valence-electron chi connectivity index (χ1n) is 13.6. The molecular formula is C31H46N2O5Si. The lowest BCUT2D eigenvalue weighted by Crippen LogP contribution is -2.46. The minimum Gasteiger partial charge on any atom is -0.545 e. The van der Waals surface area contributed by atoms with Crippen molar-refractivity contribution in [1.82, 2.24) is 9.80 Å². The van der Waals surface area contributed by atoms with Gasteiger partial charge in [0, 0.05) is 19.6 Å². The van der Waals surface area contributed by atoms with E-state index in [1.54, 1.807) is 14.2 Å². The molecule has 0 radical (unpaired) electrons. The molecule has 3 rings (SSSR count). The van der Waals surface area contributed by atoms with Gasteiger partial charge < -0.3 is 18.6 Å². The fraction of sp³-hybridized carbons (Fsp3) is 0.516. The molecule has 0 fully saturated rings. The Morgan fingerprint density at radius 1 is 0.897 bits per heavy atom. The fourth-order valence-corrected chi connectivity index (χ4v) is 5.70. The lowest BCUT2D eigenvalue weighted by Gasteiger charge is -2.41. The molecule has 2 aromatic rings. The van der Waals surface area contributed by atoms with E-state index in [1.165, 1.54) is 12.7 Å². The third-order valence-electron chi connectivity index (χ3n) is 7.90. The van der Waals surface area contributed by atoms with Crippen molar-refractivity contribution in [3.8, 4) is 11.5 Å².